The second-order valence-corrected chi connectivity index (χ2v) is 8.09. The standard InChI is InChI=1S/C22H17ClN2O6/c23-13-5-8-17-16(10-13)20(26)18-19(12-3-6-14(7-4-12)25(28)29)24(22(27)21(18)31-17)11-15-2-1-9-30-15/h3-8,10,15,19H,1-2,9,11H2/t15-,19+/m1/s1. The van der Waals surface area contributed by atoms with Crippen LogP contribution in [-0.4, -0.2) is 35.0 Å². The minimum atomic E-state index is -0.730. The van der Waals surface area contributed by atoms with E-state index in [0.717, 1.165) is 12.8 Å². The van der Waals surface area contributed by atoms with Crippen LogP contribution in [0.3, 0.4) is 0 Å². The summed E-state index contributed by atoms with van der Waals surface area (Å²) in [4.78, 5) is 38.9. The fourth-order valence-corrected chi connectivity index (χ4v) is 4.49. The molecule has 2 atom stereocenters. The van der Waals surface area contributed by atoms with Crippen LogP contribution in [0.1, 0.15) is 40.6 Å². The van der Waals surface area contributed by atoms with Crippen LogP contribution in [-0.2, 0) is 4.74 Å². The summed E-state index contributed by atoms with van der Waals surface area (Å²) in [5.74, 6) is -0.413. The van der Waals surface area contributed by atoms with Gasteiger partial charge in [-0.25, -0.2) is 0 Å². The highest BCUT2D eigenvalue weighted by molar-refractivity contribution is 6.31. The first-order chi connectivity index (χ1) is 14.9. The third kappa shape index (κ3) is 3.28. The molecule has 0 bridgehead atoms. The number of fused-ring (bicyclic) bond motifs is 2. The second-order valence-electron chi connectivity index (χ2n) is 7.66. The fraction of sp³-hybridized carbons (Fsp3) is 0.273. The summed E-state index contributed by atoms with van der Waals surface area (Å²) in [6.45, 7) is 0.919. The molecule has 2 aliphatic heterocycles. The molecule has 9 heteroatoms. The van der Waals surface area contributed by atoms with E-state index >= 15 is 0 Å². The van der Waals surface area contributed by atoms with Crippen molar-refractivity contribution in [3.63, 3.8) is 0 Å². The molecule has 0 N–H and O–H groups in total. The minimum absolute atomic E-state index is 0.0128. The van der Waals surface area contributed by atoms with Gasteiger partial charge in [-0.05, 0) is 48.7 Å². The molecule has 158 valence electrons. The van der Waals surface area contributed by atoms with Crippen molar-refractivity contribution in [1.82, 2.24) is 4.90 Å². The molecule has 0 aliphatic carbocycles. The molecule has 2 aromatic carbocycles. The molecule has 5 rings (SSSR count). The highest BCUT2D eigenvalue weighted by Crippen LogP contribution is 2.39. The van der Waals surface area contributed by atoms with Gasteiger partial charge in [-0.1, -0.05) is 11.6 Å². The number of hydrogen-bond acceptors (Lipinski definition) is 6. The maximum atomic E-state index is 13.4. The number of halogens is 1. The van der Waals surface area contributed by atoms with Crippen molar-refractivity contribution in [2.45, 2.75) is 25.0 Å². The van der Waals surface area contributed by atoms with E-state index < -0.39 is 16.9 Å². The normalized spacial score (nSPS) is 20.4. The summed E-state index contributed by atoms with van der Waals surface area (Å²) in [6, 6.07) is 9.80. The van der Waals surface area contributed by atoms with Crippen LogP contribution in [0.4, 0.5) is 5.69 Å². The van der Waals surface area contributed by atoms with Gasteiger partial charge in [0.1, 0.15) is 5.58 Å². The number of hydrogen-bond donors (Lipinski definition) is 0. The van der Waals surface area contributed by atoms with Crippen LogP contribution in [0.15, 0.2) is 51.7 Å². The molecule has 3 aromatic rings. The number of ether oxygens (including phenoxy) is 1. The topological polar surface area (TPSA) is 103 Å². The van der Waals surface area contributed by atoms with Crippen LogP contribution in [0.2, 0.25) is 5.02 Å². The number of carbonyl (C=O) groups excluding carboxylic acids is 1. The zero-order valence-corrected chi connectivity index (χ0v) is 17.0. The van der Waals surface area contributed by atoms with Crippen molar-refractivity contribution in [3.8, 4) is 0 Å². The molecule has 0 spiro atoms. The van der Waals surface area contributed by atoms with Crippen LogP contribution in [0, 0.1) is 10.1 Å². The van der Waals surface area contributed by atoms with Crippen molar-refractivity contribution in [2.24, 2.45) is 0 Å². The van der Waals surface area contributed by atoms with Gasteiger partial charge in [0.2, 0.25) is 5.76 Å². The quantitative estimate of drug-likeness (QED) is 0.447. The van der Waals surface area contributed by atoms with E-state index in [4.69, 9.17) is 20.8 Å². The van der Waals surface area contributed by atoms with E-state index in [2.05, 4.69) is 0 Å². The highest BCUT2D eigenvalue weighted by Gasteiger charge is 2.44. The molecular formula is C22H17ClN2O6. The van der Waals surface area contributed by atoms with Crippen molar-refractivity contribution < 1.29 is 18.9 Å². The average molecular weight is 441 g/mol. The van der Waals surface area contributed by atoms with E-state index in [-0.39, 0.29) is 39.5 Å². The summed E-state index contributed by atoms with van der Waals surface area (Å²) in [6.07, 6.45) is 1.57. The summed E-state index contributed by atoms with van der Waals surface area (Å²) >= 11 is 6.07. The number of nitro groups is 1. The molecule has 31 heavy (non-hydrogen) atoms. The summed E-state index contributed by atoms with van der Waals surface area (Å²) < 4.78 is 11.6. The number of carbonyl (C=O) groups is 1. The van der Waals surface area contributed by atoms with E-state index in [9.17, 15) is 19.7 Å². The minimum Gasteiger partial charge on any atom is -0.450 e. The molecule has 3 heterocycles. The summed E-state index contributed by atoms with van der Waals surface area (Å²) in [5.41, 5.74) is 0.667. The number of non-ortho nitro benzene ring substituents is 1. The zero-order valence-electron chi connectivity index (χ0n) is 16.2. The Balaban J connectivity index is 1.69. The van der Waals surface area contributed by atoms with Crippen LogP contribution >= 0.6 is 11.6 Å². The van der Waals surface area contributed by atoms with Gasteiger partial charge < -0.3 is 14.1 Å². The third-order valence-corrected chi connectivity index (χ3v) is 6.01. The number of nitrogens with zero attached hydrogens (tertiary/aromatic N) is 2. The number of rotatable bonds is 4. The van der Waals surface area contributed by atoms with Gasteiger partial charge >= 0.3 is 0 Å². The molecule has 1 fully saturated rings. The summed E-state index contributed by atoms with van der Waals surface area (Å²) in [5, 5.41) is 11.7. The van der Waals surface area contributed by atoms with Gasteiger partial charge in [0.15, 0.2) is 5.43 Å². The van der Waals surface area contributed by atoms with Gasteiger partial charge in [-0.3, -0.25) is 19.7 Å². The lowest BCUT2D eigenvalue weighted by atomic mass is 9.98. The first-order valence-electron chi connectivity index (χ1n) is 9.87. The monoisotopic (exact) mass is 440 g/mol. The lowest BCUT2D eigenvalue weighted by molar-refractivity contribution is -0.384. The maximum Gasteiger partial charge on any atom is 0.291 e. The largest absolute Gasteiger partial charge is 0.450 e. The van der Waals surface area contributed by atoms with Crippen LogP contribution in [0.5, 0.6) is 0 Å². The first kappa shape index (κ1) is 19.7. The Kier molecular flexibility index (Phi) is 4.75. The molecule has 1 amide bonds. The Bertz CT molecular complexity index is 1260. The summed E-state index contributed by atoms with van der Waals surface area (Å²) in [7, 11) is 0. The van der Waals surface area contributed by atoms with Gasteiger partial charge in [-0.2, -0.15) is 0 Å². The van der Waals surface area contributed by atoms with E-state index in [1.807, 2.05) is 0 Å². The molecule has 1 saturated heterocycles. The van der Waals surface area contributed by atoms with Crippen molar-refractivity contribution in [1.29, 1.82) is 0 Å². The third-order valence-electron chi connectivity index (χ3n) is 5.77. The second kappa shape index (κ2) is 7.47. The van der Waals surface area contributed by atoms with Gasteiger partial charge in [0.25, 0.3) is 11.6 Å². The number of amides is 1. The van der Waals surface area contributed by atoms with E-state index in [1.54, 1.807) is 29.2 Å². The first-order valence-corrected chi connectivity index (χ1v) is 10.2. The van der Waals surface area contributed by atoms with Crippen molar-refractivity contribution >= 4 is 34.2 Å². The van der Waals surface area contributed by atoms with Gasteiger partial charge in [-0.15, -0.1) is 0 Å². The lowest BCUT2D eigenvalue weighted by Crippen LogP contribution is -2.36. The van der Waals surface area contributed by atoms with Crippen LogP contribution in [0.25, 0.3) is 11.0 Å². The molecular weight excluding hydrogens is 424 g/mol. The van der Waals surface area contributed by atoms with Crippen molar-refractivity contribution in [2.75, 3.05) is 13.2 Å². The number of nitro benzene ring substituents is 1. The van der Waals surface area contributed by atoms with E-state index in [0.29, 0.717) is 23.7 Å². The van der Waals surface area contributed by atoms with E-state index in [1.165, 1.54) is 18.2 Å². The average Bonchev–Trinajstić information content (AvgIpc) is 3.36. The Hall–Kier alpha value is -3.23. The highest BCUT2D eigenvalue weighted by atomic mass is 35.5. The zero-order chi connectivity index (χ0) is 21.7. The molecule has 0 radical (unpaired) electrons. The molecule has 2 aliphatic rings. The predicted octanol–water partition coefficient (Wildman–Crippen LogP) is 4.08. The van der Waals surface area contributed by atoms with Gasteiger partial charge in [0.05, 0.1) is 28.0 Å². The Morgan fingerprint density at radius 3 is 2.61 bits per heavy atom. The smallest absolute Gasteiger partial charge is 0.291 e. The fourth-order valence-electron chi connectivity index (χ4n) is 4.31. The molecule has 1 aromatic heterocycles. The molecule has 0 saturated carbocycles. The Morgan fingerprint density at radius 2 is 1.94 bits per heavy atom. The molecule has 0 unspecified atom stereocenters. The Labute approximate surface area is 181 Å². The van der Waals surface area contributed by atoms with Crippen molar-refractivity contribution in [3.05, 3.63) is 84.7 Å². The number of benzene rings is 2. The predicted molar refractivity (Wildman–Crippen MR) is 112 cm³/mol. The molecule has 8 nitrogen and oxygen atoms in total. The van der Waals surface area contributed by atoms with Gasteiger partial charge in [0, 0.05) is 30.3 Å². The SMILES string of the molecule is O=C1c2oc3ccc(Cl)cc3c(=O)c2[C@H](c2ccc([N+](=O)[O-])cc2)N1C[C@H]1CCCO1. The lowest BCUT2D eigenvalue weighted by Gasteiger charge is -2.27. The maximum absolute atomic E-state index is 13.4. The Morgan fingerprint density at radius 1 is 1.16 bits per heavy atom. The van der Waals surface area contributed by atoms with Crippen LogP contribution < -0.4 is 5.43 Å².